The molecular weight excluding hydrogens is 502 g/mol. The second kappa shape index (κ2) is 16.0. The molecule has 0 heterocycles. The average molecular weight is 546 g/mol. The Kier molecular flexibility index (Phi) is 13.1. The number of benzene rings is 2. The maximum atomic E-state index is 14.1. The van der Waals surface area contributed by atoms with Crippen LogP contribution in [-0.2, 0) is 30.3 Å². The number of amides is 4. The van der Waals surface area contributed by atoms with E-state index in [4.69, 9.17) is 19.9 Å². The molecule has 0 saturated heterocycles. The zero-order chi connectivity index (χ0) is 28.9. The van der Waals surface area contributed by atoms with Crippen LogP contribution in [0.4, 0.5) is 4.79 Å². The van der Waals surface area contributed by atoms with E-state index < -0.39 is 30.3 Å². The summed E-state index contributed by atoms with van der Waals surface area (Å²) in [5.74, 6) is -0.809. The standard InChI is InChI=1S/C28H43N5O6/c1-7-33(28(29)36)31(5)18-25(34)30-24(19-37-6)26(35)32(20(4)27(38-8-2)39-9-3)17-22-15-12-14-21-13-10-11-16-23(21)22/h10-16,20,24,27H,7-9,17-19H2,1-6H3,(H2,29,36)(H,30,34)/t20-,24-/m0/s1. The van der Waals surface area contributed by atoms with Crippen molar-refractivity contribution in [1.29, 1.82) is 0 Å². The van der Waals surface area contributed by atoms with Crippen LogP contribution in [-0.4, -0.2) is 98.2 Å². The number of ether oxygens (including phenoxy) is 3. The van der Waals surface area contributed by atoms with Crippen molar-refractivity contribution in [3.63, 3.8) is 0 Å². The van der Waals surface area contributed by atoms with Gasteiger partial charge in [0.1, 0.15) is 6.04 Å². The van der Waals surface area contributed by atoms with Crippen molar-refractivity contribution < 1.29 is 28.6 Å². The van der Waals surface area contributed by atoms with E-state index in [0.29, 0.717) is 19.8 Å². The molecular formula is C28H43N5O6. The Morgan fingerprint density at radius 2 is 1.64 bits per heavy atom. The molecule has 0 unspecified atom stereocenters. The first-order valence-corrected chi connectivity index (χ1v) is 13.2. The minimum Gasteiger partial charge on any atom is -0.382 e. The first-order valence-electron chi connectivity index (χ1n) is 13.2. The summed E-state index contributed by atoms with van der Waals surface area (Å²) in [6.07, 6.45) is -0.669. The number of primary amides is 1. The molecule has 2 aromatic rings. The van der Waals surface area contributed by atoms with Crippen LogP contribution in [0.1, 0.15) is 33.3 Å². The molecule has 11 heteroatoms. The van der Waals surface area contributed by atoms with Crippen LogP contribution >= 0.6 is 0 Å². The largest absolute Gasteiger partial charge is 0.382 e. The van der Waals surface area contributed by atoms with Crippen molar-refractivity contribution in [1.82, 2.24) is 20.2 Å². The van der Waals surface area contributed by atoms with Gasteiger partial charge in [0, 0.05) is 40.5 Å². The van der Waals surface area contributed by atoms with Crippen LogP contribution in [0.3, 0.4) is 0 Å². The average Bonchev–Trinajstić information content (AvgIpc) is 2.90. The summed E-state index contributed by atoms with van der Waals surface area (Å²) in [5, 5.41) is 7.49. The molecule has 11 nitrogen and oxygen atoms in total. The number of fused-ring (bicyclic) bond motifs is 1. The number of nitrogens with zero attached hydrogens (tertiary/aromatic N) is 3. The number of likely N-dealkylation sites (N-methyl/N-ethyl adjacent to an activating group) is 1. The highest BCUT2D eigenvalue weighted by molar-refractivity contribution is 5.90. The lowest BCUT2D eigenvalue weighted by molar-refractivity contribution is -0.180. The van der Waals surface area contributed by atoms with Gasteiger partial charge in [-0.3, -0.25) is 14.6 Å². The predicted molar refractivity (Wildman–Crippen MR) is 149 cm³/mol. The first kappa shape index (κ1) is 32.0. The summed E-state index contributed by atoms with van der Waals surface area (Å²) in [5.41, 5.74) is 6.34. The van der Waals surface area contributed by atoms with E-state index in [1.54, 1.807) is 18.9 Å². The second-order valence-corrected chi connectivity index (χ2v) is 9.07. The number of nitrogens with one attached hydrogen (secondary N) is 1. The quantitative estimate of drug-likeness (QED) is 0.245. The molecule has 3 N–H and O–H groups in total. The summed E-state index contributed by atoms with van der Waals surface area (Å²) in [4.78, 5) is 40.3. The zero-order valence-corrected chi connectivity index (χ0v) is 23.9. The molecule has 4 amide bonds. The molecule has 0 aliphatic rings. The summed E-state index contributed by atoms with van der Waals surface area (Å²) in [7, 11) is 3.04. The number of rotatable bonds is 16. The Labute approximate surface area is 231 Å². The number of hydrazine groups is 1. The van der Waals surface area contributed by atoms with Crippen LogP contribution in [0.2, 0.25) is 0 Å². The highest BCUT2D eigenvalue weighted by Gasteiger charge is 2.34. The van der Waals surface area contributed by atoms with E-state index in [-0.39, 0.29) is 25.6 Å². The van der Waals surface area contributed by atoms with Gasteiger partial charge >= 0.3 is 6.03 Å². The van der Waals surface area contributed by atoms with Gasteiger partial charge in [0.15, 0.2) is 6.29 Å². The fraction of sp³-hybridized carbons (Fsp3) is 0.536. The summed E-state index contributed by atoms with van der Waals surface area (Å²) in [6.45, 7) is 8.49. The van der Waals surface area contributed by atoms with Gasteiger partial charge in [0.25, 0.3) is 0 Å². The van der Waals surface area contributed by atoms with E-state index in [2.05, 4.69) is 5.32 Å². The van der Waals surface area contributed by atoms with Crippen molar-refractivity contribution in [2.24, 2.45) is 5.73 Å². The fourth-order valence-corrected chi connectivity index (χ4v) is 4.48. The number of methoxy groups -OCH3 is 1. The van der Waals surface area contributed by atoms with E-state index in [0.717, 1.165) is 16.3 Å². The number of urea groups is 1. The Morgan fingerprint density at radius 3 is 2.23 bits per heavy atom. The molecule has 216 valence electrons. The number of hydrogen-bond donors (Lipinski definition) is 2. The molecule has 0 saturated carbocycles. The van der Waals surface area contributed by atoms with Crippen molar-refractivity contribution in [2.45, 2.75) is 52.6 Å². The molecule has 2 atom stereocenters. The van der Waals surface area contributed by atoms with Crippen LogP contribution in [0.15, 0.2) is 42.5 Å². The van der Waals surface area contributed by atoms with E-state index in [1.165, 1.54) is 17.1 Å². The topological polar surface area (TPSA) is 127 Å². The van der Waals surface area contributed by atoms with Gasteiger partial charge in [-0.1, -0.05) is 42.5 Å². The lowest BCUT2D eigenvalue weighted by Crippen LogP contribution is -2.57. The smallest absolute Gasteiger partial charge is 0.329 e. The van der Waals surface area contributed by atoms with Crippen molar-refractivity contribution >= 4 is 28.6 Å². The number of carbonyl (C=O) groups excluding carboxylic acids is 3. The Bertz CT molecular complexity index is 1070. The second-order valence-electron chi connectivity index (χ2n) is 9.07. The molecule has 0 aliphatic carbocycles. The summed E-state index contributed by atoms with van der Waals surface area (Å²) in [6, 6.07) is 11.8. The first-order chi connectivity index (χ1) is 18.7. The minimum atomic E-state index is -0.985. The molecule has 0 radical (unpaired) electrons. The van der Waals surface area contributed by atoms with Gasteiger partial charge in [0.05, 0.1) is 19.2 Å². The SMILES string of the molecule is CCOC(OCC)[C@H](C)N(Cc1cccc2ccccc12)C(=O)[C@H](COC)NC(=O)CN(C)N(CC)C(N)=O. The van der Waals surface area contributed by atoms with Gasteiger partial charge in [0.2, 0.25) is 11.8 Å². The Morgan fingerprint density at radius 1 is 1.00 bits per heavy atom. The molecule has 0 bridgehead atoms. The lowest BCUT2D eigenvalue weighted by Gasteiger charge is -2.37. The number of hydrogen-bond acceptors (Lipinski definition) is 7. The molecule has 39 heavy (non-hydrogen) atoms. The normalized spacial score (nSPS) is 12.9. The maximum absolute atomic E-state index is 14.1. The van der Waals surface area contributed by atoms with Crippen LogP contribution < -0.4 is 11.1 Å². The Hall–Kier alpha value is -3.25. The molecule has 0 fully saturated rings. The van der Waals surface area contributed by atoms with Gasteiger partial charge in [-0.15, -0.1) is 0 Å². The van der Waals surface area contributed by atoms with Crippen LogP contribution in [0.25, 0.3) is 10.8 Å². The maximum Gasteiger partial charge on any atom is 0.329 e. The highest BCUT2D eigenvalue weighted by Crippen LogP contribution is 2.23. The van der Waals surface area contributed by atoms with Gasteiger partial charge in [-0.2, -0.15) is 0 Å². The molecule has 0 aromatic heterocycles. The third-order valence-corrected chi connectivity index (χ3v) is 6.36. The third kappa shape index (κ3) is 8.89. The van der Waals surface area contributed by atoms with E-state index in [1.807, 2.05) is 63.2 Å². The number of nitrogens with two attached hydrogens (primary N) is 1. The predicted octanol–water partition coefficient (Wildman–Crippen LogP) is 2.33. The molecule has 2 rings (SSSR count). The van der Waals surface area contributed by atoms with Crippen LogP contribution in [0, 0.1) is 0 Å². The highest BCUT2D eigenvalue weighted by atomic mass is 16.7. The van der Waals surface area contributed by atoms with Crippen molar-refractivity contribution in [3.8, 4) is 0 Å². The molecule has 0 aliphatic heterocycles. The minimum absolute atomic E-state index is 0.0473. The van der Waals surface area contributed by atoms with E-state index in [9.17, 15) is 14.4 Å². The zero-order valence-electron chi connectivity index (χ0n) is 23.9. The summed E-state index contributed by atoms with van der Waals surface area (Å²) < 4.78 is 17.0. The monoisotopic (exact) mass is 545 g/mol. The van der Waals surface area contributed by atoms with Gasteiger partial charge < -0.3 is 30.2 Å². The van der Waals surface area contributed by atoms with Gasteiger partial charge in [-0.25, -0.2) is 9.80 Å². The fourth-order valence-electron chi connectivity index (χ4n) is 4.48. The number of carbonyl (C=O) groups is 3. The molecule has 0 spiro atoms. The van der Waals surface area contributed by atoms with Crippen molar-refractivity contribution in [2.75, 3.05) is 47.1 Å². The third-order valence-electron chi connectivity index (χ3n) is 6.36. The summed E-state index contributed by atoms with van der Waals surface area (Å²) >= 11 is 0. The van der Waals surface area contributed by atoms with Crippen LogP contribution in [0.5, 0.6) is 0 Å². The molecule has 2 aromatic carbocycles. The van der Waals surface area contributed by atoms with Gasteiger partial charge in [-0.05, 0) is 44.0 Å². The lowest BCUT2D eigenvalue weighted by atomic mass is 10.0. The van der Waals surface area contributed by atoms with E-state index >= 15 is 0 Å². The van der Waals surface area contributed by atoms with Crippen molar-refractivity contribution in [3.05, 3.63) is 48.0 Å². The Balaban J connectivity index is 2.38.